The topological polar surface area (TPSA) is 44.1 Å². The molecule has 0 saturated carbocycles. The molecule has 0 radical (unpaired) electrons. The van der Waals surface area contributed by atoms with E-state index in [2.05, 4.69) is 6.07 Å². The predicted molar refractivity (Wildman–Crippen MR) is 87.7 cm³/mol. The van der Waals surface area contributed by atoms with Crippen molar-refractivity contribution in [1.29, 1.82) is 5.26 Å². The zero-order chi connectivity index (χ0) is 15.8. The van der Waals surface area contributed by atoms with E-state index in [1.165, 1.54) is 0 Å². The summed E-state index contributed by atoms with van der Waals surface area (Å²) in [6, 6.07) is 18.9. The summed E-state index contributed by atoms with van der Waals surface area (Å²) in [7, 11) is 0. The fourth-order valence-corrected chi connectivity index (χ4v) is 2.40. The van der Waals surface area contributed by atoms with Crippen LogP contribution in [-0.4, -0.2) is 23.8 Å². The molecule has 3 nitrogen and oxygen atoms in total. The second-order valence-corrected chi connectivity index (χ2v) is 5.41. The van der Waals surface area contributed by atoms with Crippen LogP contribution in [0.4, 0.5) is 0 Å². The number of Topliss-reactive ketones (excluding diaryl/α,β-unsaturated/α-hetero) is 1. The number of nitrogens with zero attached hydrogens (tertiary/aromatic N) is 2. The number of carbonyl (C=O) groups is 1. The van der Waals surface area contributed by atoms with E-state index >= 15 is 0 Å². The second-order valence-electron chi connectivity index (χ2n) is 5.00. The minimum atomic E-state index is 0.0468. The predicted octanol–water partition coefficient (Wildman–Crippen LogP) is 3.94. The Hall–Kier alpha value is -2.15. The minimum Gasteiger partial charge on any atom is -0.293 e. The van der Waals surface area contributed by atoms with Crippen LogP contribution in [0.2, 0.25) is 5.02 Å². The average Bonchev–Trinajstić information content (AvgIpc) is 2.55. The molecule has 0 aliphatic heterocycles. The minimum absolute atomic E-state index is 0.0468. The van der Waals surface area contributed by atoms with Crippen LogP contribution < -0.4 is 0 Å². The highest BCUT2D eigenvalue weighted by Crippen LogP contribution is 2.17. The Labute approximate surface area is 135 Å². The lowest BCUT2D eigenvalue weighted by molar-refractivity contribution is 0.0927. The highest BCUT2D eigenvalue weighted by molar-refractivity contribution is 6.31. The van der Waals surface area contributed by atoms with E-state index in [1.807, 2.05) is 47.4 Å². The van der Waals surface area contributed by atoms with Crippen molar-refractivity contribution >= 4 is 17.4 Å². The van der Waals surface area contributed by atoms with E-state index < -0.39 is 0 Å². The van der Waals surface area contributed by atoms with Crippen LogP contribution in [0.3, 0.4) is 0 Å². The zero-order valence-corrected chi connectivity index (χ0v) is 13.0. The number of halogens is 1. The SMILES string of the molecule is N#CCCN(CC(=O)c1ccccc1)Cc1ccccc1Cl. The fourth-order valence-electron chi connectivity index (χ4n) is 2.21. The Balaban J connectivity index is 2.08. The van der Waals surface area contributed by atoms with Crippen molar-refractivity contribution in [3.63, 3.8) is 0 Å². The highest BCUT2D eigenvalue weighted by Gasteiger charge is 2.14. The molecule has 0 saturated heterocycles. The van der Waals surface area contributed by atoms with Crippen molar-refractivity contribution in [1.82, 2.24) is 4.90 Å². The van der Waals surface area contributed by atoms with Crippen LogP contribution in [0.1, 0.15) is 22.3 Å². The van der Waals surface area contributed by atoms with Crippen LogP contribution in [0.15, 0.2) is 54.6 Å². The van der Waals surface area contributed by atoms with Crippen molar-refractivity contribution < 1.29 is 4.79 Å². The van der Waals surface area contributed by atoms with Crippen molar-refractivity contribution in [3.05, 3.63) is 70.7 Å². The van der Waals surface area contributed by atoms with E-state index in [1.54, 1.807) is 12.1 Å². The Morgan fingerprint density at radius 3 is 2.45 bits per heavy atom. The molecule has 4 heteroatoms. The van der Waals surface area contributed by atoms with E-state index in [0.717, 1.165) is 5.56 Å². The van der Waals surface area contributed by atoms with E-state index in [9.17, 15) is 4.79 Å². The van der Waals surface area contributed by atoms with Gasteiger partial charge in [-0.05, 0) is 11.6 Å². The van der Waals surface area contributed by atoms with Gasteiger partial charge in [-0.25, -0.2) is 0 Å². The molecule has 0 amide bonds. The Kier molecular flexibility index (Phi) is 6.14. The van der Waals surface area contributed by atoms with Crippen molar-refractivity contribution in [2.75, 3.05) is 13.1 Å². The number of hydrogen-bond acceptors (Lipinski definition) is 3. The lowest BCUT2D eigenvalue weighted by atomic mass is 10.1. The standard InChI is InChI=1S/C18H17ClN2O/c19-17-10-5-4-9-16(17)13-21(12-6-11-20)14-18(22)15-7-2-1-3-8-15/h1-5,7-10H,6,12-14H2. The Morgan fingerprint density at radius 1 is 1.09 bits per heavy atom. The molecule has 0 aliphatic rings. The summed E-state index contributed by atoms with van der Waals surface area (Å²) in [5, 5.41) is 9.48. The first-order chi connectivity index (χ1) is 10.7. The Bertz CT molecular complexity index is 664. The van der Waals surface area contributed by atoms with Gasteiger partial charge in [0.15, 0.2) is 5.78 Å². The number of nitriles is 1. The third-order valence-corrected chi connectivity index (χ3v) is 3.72. The first kappa shape index (κ1) is 16.2. The van der Waals surface area contributed by atoms with Gasteiger partial charge in [-0.2, -0.15) is 5.26 Å². The van der Waals surface area contributed by atoms with Gasteiger partial charge in [0.1, 0.15) is 0 Å². The van der Waals surface area contributed by atoms with Gasteiger partial charge in [-0.3, -0.25) is 9.69 Å². The van der Waals surface area contributed by atoms with Crippen molar-refractivity contribution in [2.24, 2.45) is 0 Å². The molecule has 0 atom stereocenters. The summed E-state index contributed by atoms with van der Waals surface area (Å²) in [5.41, 5.74) is 1.64. The molecule has 0 spiro atoms. The molecule has 0 bridgehead atoms. The molecule has 0 aromatic heterocycles. The molecule has 2 aromatic carbocycles. The molecule has 0 aliphatic carbocycles. The molecule has 22 heavy (non-hydrogen) atoms. The average molecular weight is 313 g/mol. The summed E-state index contributed by atoms with van der Waals surface area (Å²) in [6.07, 6.45) is 0.381. The van der Waals surface area contributed by atoms with Gasteiger partial charge in [0, 0.05) is 30.1 Å². The summed E-state index contributed by atoms with van der Waals surface area (Å²) in [6.45, 7) is 1.37. The second kappa shape index (κ2) is 8.33. The van der Waals surface area contributed by atoms with Gasteiger partial charge < -0.3 is 0 Å². The number of rotatable bonds is 7. The zero-order valence-electron chi connectivity index (χ0n) is 12.2. The molecule has 0 fully saturated rings. The van der Waals surface area contributed by atoms with Crippen molar-refractivity contribution in [3.8, 4) is 6.07 Å². The third-order valence-electron chi connectivity index (χ3n) is 3.35. The van der Waals surface area contributed by atoms with E-state index in [-0.39, 0.29) is 12.3 Å². The molecule has 0 unspecified atom stereocenters. The molecular formula is C18H17ClN2O. The number of benzene rings is 2. The molecule has 2 rings (SSSR count). The summed E-state index contributed by atoms with van der Waals surface area (Å²) < 4.78 is 0. The summed E-state index contributed by atoms with van der Waals surface area (Å²) >= 11 is 6.18. The smallest absolute Gasteiger partial charge is 0.176 e. The van der Waals surface area contributed by atoms with Crippen LogP contribution in [0.5, 0.6) is 0 Å². The van der Waals surface area contributed by atoms with E-state index in [0.29, 0.717) is 30.1 Å². The maximum Gasteiger partial charge on any atom is 0.176 e. The van der Waals surface area contributed by atoms with Crippen molar-refractivity contribution in [2.45, 2.75) is 13.0 Å². The normalized spacial score (nSPS) is 10.4. The maximum absolute atomic E-state index is 12.3. The number of hydrogen-bond donors (Lipinski definition) is 0. The first-order valence-electron chi connectivity index (χ1n) is 7.11. The van der Waals surface area contributed by atoms with Gasteiger partial charge >= 0.3 is 0 Å². The number of carbonyl (C=O) groups excluding carboxylic acids is 1. The molecular weight excluding hydrogens is 296 g/mol. The monoisotopic (exact) mass is 312 g/mol. The lowest BCUT2D eigenvalue weighted by Crippen LogP contribution is -2.30. The van der Waals surface area contributed by atoms with Crippen LogP contribution in [0, 0.1) is 11.3 Å². The van der Waals surface area contributed by atoms with Crippen LogP contribution in [-0.2, 0) is 6.54 Å². The fraction of sp³-hybridized carbons (Fsp3) is 0.222. The van der Waals surface area contributed by atoms with Gasteiger partial charge in [-0.1, -0.05) is 60.1 Å². The van der Waals surface area contributed by atoms with Crippen LogP contribution in [0.25, 0.3) is 0 Å². The molecule has 0 heterocycles. The van der Waals surface area contributed by atoms with Crippen LogP contribution >= 0.6 is 11.6 Å². The van der Waals surface area contributed by atoms with Gasteiger partial charge in [-0.15, -0.1) is 0 Å². The van der Waals surface area contributed by atoms with Gasteiger partial charge in [0.05, 0.1) is 12.6 Å². The molecule has 0 N–H and O–H groups in total. The quantitative estimate of drug-likeness (QED) is 0.727. The van der Waals surface area contributed by atoms with Gasteiger partial charge in [0.25, 0.3) is 0 Å². The Morgan fingerprint density at radius 2 is 1.77 bits per heavy atom. The summed E-state index contributed by atoms with van der Waals surface area (Å²) in [4.78, 5) is 14.3. The van der Waals surface area contributed by atoms with E-state index in [4.69, 9.17) is 16.9 Å². The number of ketones is 1. The molecule has 112 valence electrons. The first-order valence-corrected chi connectivity index (χ1v) is 7.49. The van der Waals surface area contributed by atoms with Gasteiger partial charge in [0.2, 0.25) is 0 Å². The maximum atomic E-state index is 12.3. The third kappa shape index (κ3) is 4.70. The highest BCUT2D eigenvalue weighted by atomic mass is 35.5. The lowest BCUT2D eigenvalue weighted by Gasteiger charge is -2.21. The largest absolute Gasteiger partial charge is 0.293 e. The molecule has 2 aromatic rings. The summed E-state index contributed by atoms with van der Waals surface area (Å²) in [5.74, 6) is 0.0468.